The van der Waals surface area contributed by atoms with Crippen LogP contribution < -0.4 is 9.80 Å². The second-order valence-electron chi connectivity index (χ2n) is 13.0. The van der Waals surface area contributed by atoms with E-state index < -0.39 is 0 Å². The largest absolute Gasteiger partial charge is 0.323 e. The van der Waals surface area contributed by atoms with Crippen LogP contribution in [0.3, 0.4) is 0 Å². The van der Waals surface area contributed by atoms with Crippen LogP contribution in [0.25, 0.3) is 49.7 Å². The third-order valence-corrected chi connectivity index (χ3v) is 10.0. The molecule has 0 fully saturated rings. The predicted octanol–water partition coefficient (Wildman–Crippen LogP) is 13.3. The van der Waals surface area contributed by atoms with Crippen molar-refractivity contribution >= 4 is 34.4 Å². The van der Waals surface area contributed by atoms with E-state index in [4.69, 9.17) is 0 Å². The highest BCUT2D eigenvalue weighted by Gasteiger charge is 2.30. The number of aliphatic imine (C=N–C) groups is 1. The van der Waals surface area contributed by atoms with Gasteiger partial charge in [0.05, 0.1) is 17.1 Å². The van der Waals surface area contributed by atoms with Crippen molar-refractivity contribution < 1.29 is 0 Å². The summed E-state index contributed by atoms with van der Waals surface area (Å²) in [6, 6.07) is 37.9. The molecule has 52 heavy (non-hydrogen) atoms. The number of hydrogen-bond donors (Lipinski definition) is 0. The van der Waals surface area contributed by atoms with Crippen LogP contribution in [-0.4, -0.2) is 13.4 Å². The van der Waals surface area contributed by atoms with Crippen molar-refractivity contribution in [2.45, 2.75) is 33.6 Å². The molecule has 0 unspecified atom stereocenters. The van der Waals surface area contributed by atoms with Gasteiger partial charge in [-0.25, -0.2) is 0 Å². The smallest absolute Gasteiger partial charge is 0.100 e. The van der Waals surface area contributed by atoms with Gasteiger partial charge in [0.15, 0.2) is 0 Å². The predicted molar refractivity (Wildman–Crippen MR) is 227 cm³/mol. The van der Waals surface area contributed by atoms with E-state index in [1.54, 1.807) is 0 Å². The molecule has 1 heterocycles. The number of fused-ring (bicyclic) bond motifs is 5. The molecule has 3 aliphatic rings. The summed E-state index contributed by atoms with van der Waals surface area (Å²) in [6.07, 6.45) is 20.5. The number of allylic oxidation sites excluding steroid dienone is 10. The Morgan fingerprint density at radius 3 is 2.17 bits per heavy atom. The topological polar surface area (TPSA) is 18.8 Å². The summed E-state index contributed by atoms with van der Waals surface area (Å²) in [4.78, 5) is 9.22. The Morgan fingerprint density at radius 2 is 1.44 bits per heavy atom. The van der Waals surface area contributed by atoms with Crippen molar-refractivity contribution in [3.63, 3.8) is 0 Å². The SMILES string of the molecule is C/C=C\C=C/C.C=C/C=C(\C(=C/C)N=C)N1CN(c2cccc(-c3ccc4c(c3)-c3cccc5cccc-4c35)c2)C2=C(CCC=C2)c2ccccc21. The highest BCUT2D eigenvalue weighted by atomic mass is 15.3. The monoisotopic (exact) mass is 675 g/mol. The van der Waals surface area contributed by atoms with Crippen molar-refractivity contribution in [1.29, 1.82) is 0 Å². The molecule has 5 aromatic rings. The van der Waals surface area contributed by atoms with E-state index in [0.717, 1.165) is 35.6 Å². The summed E-state index contributed by atoms with van der Waals surface area (Å²) in [5.41, 5.74) is 15.6. The first-order valence-electron chi connectivity index (χ1n) is 18.1. The third kappa shape index (κ3) is 6.31. The Bertz CT molecular complexity index is 2340. The number of anilines is 2. The molecule has 0 radical (unpaired) electrons. The van der Waals surface area contributed by atoms with Gasteiger partial charge in [0, 0.05) is 16.9 Å². The van der Waals surface area contributed by atoms with E-state index in [1.165, 1.54) is 61.0 Å². The fourth-order valence-electron chi connectivity index (χ4n) is 7.65. The number of benzene rings is 5. The molecule has 3 nitrogen and oxygen atoms in total. The molecule has 0 saturated carbocycles. The van der Waals surface area contributed by atoms with E-state index >= 15 is 0 Å². The third-order valence-electron chi connectivity index (χ3n) is 10.0. The van der Waals surface area contributed by atoms with Crippen LogP contribution >= 0.6 is 0 Å². The Morgan fingerprint density at radius 1 is 0.731 bits per heavy atom. The molecular formula is C49H45N3. The lowest BCUT2D eigenvalue weighted by molar-refractivity contribution is 0.863. The Kier molecular flexibility index (Phi) is 10.1. The van der Waals surface area contributed by atoms with Crippen molar-refractivity contribution in [2.75, 3.05) is 16.5 Å². The molecule has 256 valence electrons. The first-order chi connectivity index (χ1) is 25.6. The van der Waals surface area contributed by atoms with Gasteiger partial charge in [-0.05, 0) is 126 Å². The van der Waals surface area contributed by atoms with Crippen LogP contribution in [0.4, 0.5) is 11.4 Å². The van der Waals surface area contributed by atoms with Crippen molar-refractivity contribution in [1.82, 2.24) is 0 Å². The molecule has 2 aliphatic carbocycles. The Labute approximate surface area is 309 Å². The average molecular weight is 676 g/mol. The van der Waals surface area contributed by atoms with E-state index in [1.807, 2.05) is 63.3 Å². The highest BCUT2D eigenvalue weighted by molar-refractivity contribution is 6.15. The lowest BCUT2D eigenvalue weighted by atomic mass is 9.93. The minimum absolute atomic E-state index is 0.609. The summed E-state index contributed by atoms with van der Waals surface area (Å²) in [5, 5.41) is 2.65. The fraction of sp³-hybridized carbons (Fsp3) is 0.122. The quantitative estimate of drug-likeness (QED) is 0.124. The molecule has 0 atom stereocenters. The zero-order valence-electron chi connectivity index (χ0n) is 30.4. The van der Waals surface area contributed by atoms with E-state index in [2.05, 4.69) is 143 Å². The van der Waals surface area contributed by atoms with Gasteiger partial charge in [0.25, 0.3) is 0 Å². The van der Waals surface area contributed by atoms with Gasteiger partial charge in [0.2, 0.25) is 0 Å². The summed E-state index contributed by atoms with van der Waals surface area (Å²) < 4.78 is 0. The maximum atomic E-state index is 4.41. The highest BCUT2D eigenvalue weighted by Crippen LogP contribution is 2.49. The molecule has 3 heteroatoms. The van der Waals surface area contributed by atoms with Crippen LogP contribution in [0.2, 0.25) is 0 Å². The van der Waals surface area contributed by atoms with Gasteiger partial charge in [-0.1, -0.05) is 128 Å². The van der Waals surface area contributed by atoms with Crippen LogP contribution in [0.5, 0.6) is 0 Å². The van der Waals surface area contributed by atoms with Crippen LogP contribution in [0.1, 0.15) is 39.2 Å². The van der Waals surface area contributed by atoms with Gasteiger partial charge in [0.1, 0.15) is 6.67 Å². The van der Waals surface area contributed by atoms with E-state index in [-0.39, 0.29) is 0 Å². The number of nitrogens with zero attached hydrogens (tertiary/aromatic N) is 3. The first-order valence-corrected chi connectivity index (χ1v) is 18.1. The molecule has 8 rings (SSSR count). The minimum Gasteiger partial charge on any atom is -0.323 e. The minimum atomic E-state index is 0.609. The van der Waals surface area contributed by atoms with Gasteiger partial charge in [-0.2, -0.15) is 0 Å². The van der Waals surface area contributed by atoms with E-state index in [0.29, 0.717) is 6.67 Å². The second-order valence-corrected chi connectivity index (χ2v) is 13.0. The normalized spacial score (nSPS) is 15.0. The molecular weight excluding hydrogens is 631 g/mol. The maximum absolute atomic E-state index is 4.41. The lowest BCUT2D eigenvalue weighted by Gasteiger charge is -2.34. The lowest BCUT2D eigenvalue weighted by Crippen LogP contribution is -2.36. The maximum Gasteiger partial charge on any atom is 0.100 e. The number of para-hydroxylation sites is 1. The molecule has 5 aromatic carbocycles. The number of rotatable bonds is 7. The zero-order valence-corrected chi connectivity index (χ0v) is 30.4. The molecule has 0 spiro atoms. The van der Waals surface area contributed by atoms with E-state index in [9.17, 15) is 0 Å². The van der Waals surface area contributed by atoms with Crippen LogP contribution in [0, 0.1) is 0 Å². The summed E-state index contributed by atoms with van der Waals surface area (Å²) in [5.74, 6) is 0. The Hall–Kier alpha value is -6.19. The second kappa shape index (κ2) is 15.4. The zero-order chi connectivity index (χ0) is 36.0. The van der Waals surface area contributed by atoms with Crippen molar-refractivity contribution in [3.8, 4) is 33.4 Å². The average Bonchev–Trinajstić information content (AvgIpc) is 3.44. The summed E-state index contributed by atoms with van der Waals surface area (Å²) in [7, 11) is 0. The fourth-order valence-corrected chi connectivity index (χ4v) is 7.65. The molecule has 0 bridgehead atoms. The van der Waals surface area contributed by atoms with Crippen molar-refractivity contribution in [2.24, 2.45) is 4.99 Å². The van der Waals surface area contributed by atoms with Crippen LogP contribution in [-0.2, 0) is 0 Å². The molecule has 0 amide bonds. The van der Waals surface area contributed by atoms with Gasteiger partial charge < -0.3 is 9.80 Å². The molecule has 0 N–H and O–H groups in total. The molecule has 1 aliphatic heterocycles. The van der Waals surface area contributed by atoms with Crippen molar-refractivity contribution in [3.05, 3.63) is 187 Å². The molecule has 0 aromatic heterocycles. The molecule has 0 saturated heterocycles. The summed E-state index contributed by atoms with van der Waals surface area (Å²) >= 11 is 0. The number of hydrogen-bond acceptors (Lipinski definition) is 3. The van der Waals surface area contributed by atoms with Gasteiger partial charge in [-0.3, -0.25) is 4.99 Å². The van der Waals surface area contributed by atoms with Gasteiger partial charge in [-0.15, -0.1) is 0 Å². The standard InChI is InChI=1S/C43H35N3.C6H10/c1-4-13-42(39(5-2)44-3)46-28-45(40-22-8-6-18-34(40)35-19-7-9-23-41(35)46)32-17-10-16-30(26-32)31-24-25-33-36-20-11-14-29-15-12-21-37(43(29)36)38(33)27-31;1-3-5-6-4-2/h4-5,7-17,19-27H,1,3,6,18,28H2,2H3;3-6H,1-2H3/b39-5+,42-13+;5-3-,6-4-. The van der Waals surface area contributed by atoms with Gasteiger partial charge >= 0.3 is 0 Å². The first kappa shape index (κ1) is 34.3. The Balaban J connectivity index is 0.000000648. The van der Waals surface area contributed by atoms with Crippen LogP contribution in [0.15, 0.2) is 186 Å². The summed E-state index contributed by atoms with van der Waals surface area (Å²) in [6.45, 7) is 14.6.